The highest BCUT2D eigenvalue weighted by molar-refractivity contribution is 7.13. The van der Waals surface area contributed by atoms with Gasteiger partial charge in [0.05, 0.1) is 12.0 Å². The van der Waals surface area contributed by atoms with E-state index in [1.807, 2.05) is 17.5 Å². The Morgan fingerprint density at radius 1 is 1.45 bits per heavy atom. The van der Waals surface area contributed by atoms with Crippen molar-refractivity contribution in [3.05, 3.63) is 17.5 Å². The lowest BCUT2D eigenvalue weighted by Crippen LogP contribution is -2.19. The number of thiophene rings is 1. The summed E-state index contributed by atoms with van der Waals surface area (Å²) in [7, 11) is 1.50. The molecule has 0 aliphatic rings. The molecule has 1 atom stereocenters. The monoisotopic (exact) mass is 321 g/mol. The Bertz CT molecular complexity index is 626. The van der Waals surface area contributed by atoms with Gasteiger partial charge in [0.25, 0.3) is 0 Å². The fourth-order valence-electron chi connectivity index (χ4n) is 2.62. The lowest BCUT2D eigenvalue weighted by Gasteiger charge is -2.22. The minimum Gasteiger partial charge on any atom is -0.466 e. The molecule has 0 saturated heterocycles. The highest BCUT2D eigenvalue weighted by Crippen LogP contribution is 2.28. The molecule has 0 amide bonds. The van der Waals surface area contributed by atoms with Crippen molar-refractivity contribution >= 4 is 17.2 Å². The van der Waals surface area contributed by atoms with E-state index in [0.717, 1.165) is 11.3 Å². The summed E-state index contributed by atoms with van der Waals surface area (Å²) in [4.78, 5) is 17.8. The molecular formula is C16H23N3O2S. The lowest BCUT2D eigenvalue weighted by molar-refractivity contribution is 0.0857. The topological polar surface area (TPSA) is 57.0 Å². The van der Waals surface area contributed by atoms with Crippen LogP contribution in [-0.2, 0) is 0 Å². The van der Waals surface area contributed by atoms with Gasteiger partial charge in [-0.1, -0.05) is 33.8 Å². The van der Waals surface area contributed by atoms with Gasteiger partial charge in [0, 0.05) is 6.42 Å². The average molecular weight is 321 g/mol. The Morgan fingerprint density at radius 2 is 2.18 bits per heavy atom. The first-order valence-electron chi connectivity index (χ1n) is 7.38. The van der Waals surface area contributed by atoms with E-state index in [9.17, 15) is 4.79 Å². The summed E-state index contributed by atoms with van der Waals surface area (Å²) >= 11 is 1.53. The summed E-state index contributed by atoms with van der Waals surface area (Å²) in [5.41, 5.74) is 0.205. The van der Waals surface area contributed by atoms with E-state index in [1.165, 1.54) is 23.1 Å². The standard InChI is InChI=1S/C16H23N3O2S/c1-11(10-16(2,3)4)9-13(20)19-14(12-7-6-8-22-12)17-15(18-19)21-5/h6-8,11H,9-10H2,1-5H3. The van der Waals surface area contributed by atoms with Gasteiger partial charge in [0.15, 0.2) is 5.82 Å². The van der Waals surface area contributed by atoms with Crippen molar-refractivity contribution < 1.29 is 9.53 Å². The molecule has 0 aliphatic carbocycles. The van der Waals surface area contributed by atoms with Gasteiger partial charge in [0.2, 0.25) is 5.91 Å². The molecule has 0 N–H and O–H groups in total. The minimum atomic E-state index is -0.0454. The van der Waals surface area contributed by atoms with Crippen LogP contribution in [0.4, 0.5) is 0 Å². The number of carbonyl (C=O) groups is 1. The van der Waals surface area contributed by atoms with E-state index >= 15 is 0 Å². The molecule has 2 heterocycles. The van der Waals surface area contributed by atoms with E-state index in [1.54, 1.807) is 0 Å². The fraction of sp³-hybridized carbons (Fsp3) is 0.562. The predicted molar refractivity (Wildman–Crippen MR) is 88.4 cm³/mol. The van der Waals surface area contributed by atoms with Gasteiger partial charge >= 0.3 is 6.01 Å². The summed E-state index contributed by atoms with van der Waals surface area (Å²) in [6.45, 7) is 8.65. The van der Waals surface area contributed by atoms with Crippen LogP contribution in [0.25, 0.3) is 10.7 Å². The zero-order valence-electron chi connectivity index (χ0n) is 13.8. The van der Waals surface area contributed by atoms with Crippen molar-refractivity contribution in [2.24, 2.45) is 11.3 Å². The van der Waals surface area contributed by atoms with Crippen LogP contribution in [0.15, 0.2) is 17.5 Å². The lowest BCUT2D eigenvalue weighted by atomic mass is 9.84. The molecule has 5 nitrogen and oxygen atoms in total. The van der Waals surface area contributed by atoms with Crippen LogP contribution in [0.5, 0.6) is 6.01 Å². The number of hydrogen-bond acceptors (Lipinski definition) is 5. The molecule has 0 spiro atoms. The van der Waals surface area contributed by atoms with Crippen molar-refractivity contribution in [3.8, 4) is 16.7 Å². The molecule has 0 aliphatic heterocycles. The van der Waals surface area contributed by atoms with E-state index in [4.69, 9.17) is 4.74 Å². The summed E-state index contributed by atoms with van der Waals surface area (Å²) in [5, 5.41) is 6.13. The highest BCUT2D eigenvalue weighted by Gasteiger charge is 2.23. The average Bonchev–Trinajstić information content (AvgIpc) is 3.05. The number of carbonyl (C=O) groups excluding carboxylic acids is 1. The van der Waals surface area contributed by atoms with Gasteiger partial charge < -0.3 is 4.74 Å². The smallest absolute Gasteiger partial charge is 0.336 e. The maximum atomic E-state index is 12.6. The number of ether oxygens (including phenoxy) is 1. The second kappa shape index (κ2) is 6.60. The van der Waals surface area contributed by atoms with Crippen LogP contribution in [-0.4, -0.2) is 27.8 Å². The molecule has 1 unspecified atom stereocenters. The molecular weight excluding hydrogens is 298 g/mol. The highest BCUT2D eigenvalue weighted by atomic mass is 32.1. The van der Waals surface area contributed by atoms with Gasteiger partial charge in [-0.15, -0.1) is 16.4 Å². The number of nitrogens with zero attached hydrogens (tertiary/aromatic N) is 3. The molecule has 0 saturated carbocycles. The molecule has 0 fully saturated rings. The van der Waals surface area contributed by atoms with Crippen molar-refractivity contribution in [1.82, 2.24) is 14.8 Å². The SMILES string of the molecule is COc1nc(-c2cccs2)n(C(=O)CC(C)CC(C)(C)C)n1. The quantitative estimate of drug-likeness (QED) is 0.831. The van der Waals surface area contributed by atoms with Crippen LogP contribution in [0.2, 0.25) is 0 Å². The number of aromatic nitrogens is 3. The molecule has 6 heteroatoms. The minimum absolute atomic E-state index is 0.0454. The zero-order chi connectivity index (χ0) is 16.3. The summed E-state index contributed by atoms with van der Waals surface area (Å²) in [5.74, 6) is 0.801. The molecule has 2 aromatic rings. The zero-order valence-corrected chi connectivity index (χ0v) is 14.6. The third-order valence-corrected chi connectivity index (χ3v) is 4.10. The van der Waals surface area contributed by atoms with E-state index in [-0.39, 0.29) is 17.3 Å². The van der Waals surface area contributed by atoms with Crippen LogP contribution in [0.1, 0.15) is 45.3 Å². The van der Waals surface area contributed by atoms with Crippen LogP contribution < -0.4 is 4.74 Å². The van der Waals surface area contributed by atoms with Crippen molar-refractivity contribution in [2.75, 3.05) is 7.11 Å². The molecule has 0 bridgehead atoms. The van der Waals surface area contributed by atoms with E-state index < -0.39 is 0 Å². The largest absolute Gasteiger partial charge is 0.466 e. The van der Waals surface area contributed by atoms with Gasteiger partial charge in [-0.05, 0) is 29.2 Å². The number of rotatable bonds is 5. The fourth-order valence-corrected chi connectivity index (χ4v) is 3.32. The van der Waals surface area contributed by atoms with Gasteiger partial charge in [-0.2, -0.15) is 9.67 Å². The molecule has 120 valence electrons. The first kappa shape index (κ1) is 16.7. The number of methoxy groups -OCH3 is 1. The Kier molecular flexibility index (Phi) is 5.01. The predicted octanol–water partition coefficient (Wildman–Crippen LogP) is 4.12. The van der Waals surface area contributed by atoms with Gasteiger partial charge in [-0.25, -0.2) is 0 Å². The normalized spacial score (nSPS) is 13.1. The molecule has 0 radical (unpaired) electrons. The van der Waals surface area contributed by atoms with E-state index in [0.29, 0.717) is 18.2 Å². The molecule has 22 heavy (non-hydrogen) atoms. The Morgan fingerprint density at radius 3 is 2.73 bits per heavy atom. The first-order chi connectivity index (χ1) is 10.3. The second-order valence-electron chi connectivity index (χ2n) is 6.78. The third kappa shape index (κ3) is 4.16. The van der Waals surface area contributed by atoms with E-state index in [2.05, 4.69) is 37.8 Å². The van der Waals surface area contributed by atoms with Gasteiger partial charge in [-0.3, -0.25) is 4.79 Å². The summed E-state index contributed by atoms with van der Waals surface area (Å²) in [6.07, 6.45) is 1.43. The van der Waals surface area contributed by atoms with Crippen LogP contribution >= 0.6 is 11.3 Å². The Labute approximate surface area is 135 Å². The summed E-state index contributed by atoms with van der Waals surface area (Å²) < 4.78 is 6.46. The Hall–Kier alpha value is -1.69. The first-order valence-corrected chi connectivity index (χ1v) is 8.26. The maximum Gasteiger partial charge on any atom is 0.336 e. The van der Waals surface area contributed by atoms with Gasteiger partial charge in [0.1, 0.15) is 0 Å². The number of hydrogen-bond donors (Lipinski definition) is 0. The van der Waals surface area contributed by atoms with Crippen molar-refractivity contribution in [2.45, 2.75) is 40.5 Å². The molecule has 2 aromatic heterocycles. The molecule has 0 aromatic carbocycles. The summed E-state index contributed by atoms with van der Waals surface area (Å²) in [6, 6.07) is 4.08. The van der Waals surface area contributed by atoms with Crippen molar-refractivity contribution in [3.63, 3.8) is 0 Å². The maximum absolute atomic E-state index is 12.6. The Balaban J connectivity index is 2.21. The molecule has 2 rings (SSSR count). The van der Waals surface area contributed by atoms with Crippen LogP contribution in [0, 0.1) is 11.3 Å². The second-order valence-corrected chi connectivity index (χ2v) is 7.73. The third-order valence-electron chi connectivity index (χ3n) is 3.23. The van der Waals surface area contributed by atoms with Crippen molar-refractivity contribution in [1.29, 1.82) is 0 Å². The van der Waals surface area contributed by atoms with Crippen LogP contribution in [0.3, 0.4) is 0 Å².